The van der Waals surface area contributed by atoms with E-state index >= 15 is 0 Å². The van der Waals surface area contributed by atoms with Crippen LogP contribution in [-0.4, -0.2) is 36.7 Å². The molecule has 38 heavy (non-hydrogen) atoms. The van der Waals surface area contributed by atoms with E-state index in [1.165, 1.54) is 67.1 Å². The smallest absolute Gasteiger partial charge is 0.281 e. The highest BCUT2D eigenvalue weighted by atomic mass is 35.5. The molecule has 1 heterocycles. The van der Waals surface area contributed by atoms with Gasteiger partial charge in [0.1, 0.15) is 5.82 Å². The first kappa shape index (κ1) is 26.5. The Hall–Kier alpha value is -4.55. The fourth-order valence-electron chi connectivity index (χ4n) is 3.30. The van der Waals surface area contributed by atoms with Crippen LogP contribution in [0.3, 0.4) is 0 Å². The van der Waals surface area contributed by atoms with Crippen LogP contribution in [0.4, 0.5) is 15.8 Å². The molecule has 2 N–H and O–H groups in total. The predicted octanol–water partition coefficient (Wildman–Crippen LogP) is 5.39. The second kappa shape index (κ2) is 11.7. The van der Waals surface area contributed by atoms with Crippen LogP contribution in [0.5, 0.6) is 11.5 Å². The number of benzene rings is 3. The quantitative estimate of drug-likeness (QED) is 0.161. The number of rotatable bonds is 9. The number of methoxy groups -OCH3 is 1. The maximum atomic E-state index is 13.0. The van der Waals surface area contributed by atoms with Gasteiger partial charge in [-0.15, -0.1) is 11.3 Å². The normalized spacial score (nSPS) is 10.9. The molecule has 2 amide bonds. The number of hydrogen-bond donors (Lipinski definition) is 2. The molecule has 13 heteroatoms. The lowest BCUT2D eigenvalue weighted by Crippen LogP contribution is -2.20. The number of nitro benzene ring substituents is 1. The van der Waals surface area contributed by atoms with Crippen LogP contribution < -0.4 is 20.2 Å². The molecule has 0 radical (unpaired) electrons. The summed E-state index contributed by atoms with van der Waals surface area (Å²) < 4.78 is 24.6. The lowest BCUT2D eigenvalue weighted by molar-refractivity contribution is -0.384. The molecule has 0 saturated heterocycles. The summed E-state index contributed by atoms with van der Waals surface area (Å²) in [5.74, 6) is -1.04. The molecule has 194 valence electrons. The van der Waals surface area contributed by atoms with Crippen molar-refractivity contribution in [3.05, 3.63) is 92.1 Å². The van der Waals surface area contributed by atoms with E-state index in [0.29, 0.717) is 21.5 Å². The molecule has 10 nitrogen and oxygen atoms in total. The molecule has 4 aromatic rings. The van der Waals surface area contributed by atoms with Crippen LogP contribution in [0, 0.1) is 15.9 Å². The first-order valence-corrected chi connectivity index (χ1v) is 12.0. The highest BCUT2D eigenvalue weighted by molar-refractivity contribution is 7.20. The van der Waals surface area contributed by atoms with Gasteiger partial charge in [0.15, 0.2) is 18.1 Å². The Morgan fingerprint density at radius 1 is 1.16 bits per heavy atom. The first-order chi connectivity index (χ1) is 18.2. The lowest BCUT2D eigenvalue weighted by atomic mass is 10.2. The molecule has 4 rings (SSSR count). The molecule has 0 aliphatic rings. The van der Waals surface area contributed by atoms with Gasteiger partial charge in [-0.25, -0.2) is 9.82 Å². The third-order valence-corrected chi connectivity index (χ3v) is 6.44. The van der Waals surface area contributed by atoms with Gasteiger partial charge in [0.05, 0.1) is 28.1 Å². The number of fused-ring (bicyclic) bond motifs is 1. The number of nitro groups is 1. The number of anilines is 1. The molecule has 0 bridgehead atoms. The van der Waals surface area contributed by atoms with Crippen LogP contribution in [-0.2, 0) is 4.79 Å². The van der Waals surface area contributed by atoms with Crippen LogP contribution in [0.15, 0.2) is 65.8 Å². The van der Waals surface area contributed by atoms with E-state index in [1.807, 2.05) is 0 Å². The van der Waals surface area contributed by atoms with Crippen molar-refractivity contribution in [2.45, 2.75) is 0 Å². The maximum absolute atomic E-state index is 13.0. The van der Waals surface area contributed by atoms with Crippen LogP contribution >= 0.6 is 22.9 Å². The van der Waals surface area contributed by atoms with Crippen LogP contribution in [0.25, 0.3) is 10.1 Å². The van der Waals surface area contributed by atoms with Gasteiger partial charge in [-0.3, -0.25) is 19.7 Å². The Kier molecular flexibility index (Phi) is 8.14. The minimum Gasteiger partial charge on any atom is -0.493 e. The molecular weight excluding hydrogens is 539 g/mol. The van der Waals surface area contributed by atoms with Gasteiger partial charge < -0.3 is 14.8 Å². The van der Waals surface area contributed by atoms with E-state index < -0.39 is 22.6 Å². The zero-order chi connectivity index (χ0) is 27.2. The van der Waals surface area contributed by atoms with Crippen molar-refractivity contribution in [2.75, 3.05) is 19.0 Å². The number of hydrogen-bond acceptors (Lipinski definition) is 8. The van der Waals surface area contributed by atoms with E-state index in [9.17, 15) is 24.1 Å². The first-order valence-electron chi connectivity index (χ1n) is 10.8. The standard InChI is InChI=1S/C25H18ClFN4O6S/c1-36-20-9-14(8-19(26)24(20)37-13-23(32)29-17-4-2-16(27)3-5-17)12-28-30-25(33)22-11-15-10-18(31(34)35)6-7-21(15)38-22/h2-12H,13H2,1H3,(H,29,32)(H,30,33)/b28-12-. The molecule has 0 atom stereocenters. The average Bonchev–Trinajstić information content (AvgIpc) is 3.33. The summed E-state index contributed by atoms with van der Waals surface area (Å²) in [5.41, 5.74) is 3.22. The number of nitrogens with one attached hydrogen (secondary N) is 2. The summed E-state index contributed by atoms with van der Waals surface area (Å²) in [7, 11) is 1.39. The molecule has 0 aliphatic heterocycles. The number of carbonyl (C=O) groups is 2. The number of nitrogens with zero attached hydrogens (tertiary/aromatic N) is 2. The monoisotopic (exact) mass is 556 g/mol. The fraction of sp³-hybridized carbons (Fsp3) is 0.0800. The highest BCUT2D eigenvalue weighted by Gasteiger charge is 2.15. The molecule has 1 aromatic heterocycles. The number of hydrazone groups is 1. The molecule has 0 unspecified atom stereocenters. The molecule has 0 fully saturated rings. The number of ether oxygens (including phenoxy) is 2. The van der Waals surface area contributed by atoms with Gasteiger partial charge >= 0.3 is 0 Å². The molecular formula is C25H18ClFN4O6S. The third kappa shape index (κ3) is 6.41. The van der Waals surface area contributed by atoms with E-state index in [-0.39, 0.29) is 28.8 Å². The van der Waals surface area contributed by atoms with Crippen molar-refractivity contribution in [1.82, 2.24) is 5.43 Å². The Balaban J connectivity index is 1.39. The zero-order valence-corrected chi connectivity index (χ0v) is 21.1. The summed E-state index contributed by atoms with van der Waals surface area (Å²) in [5, 5.41) is 18.2. The number of non-ortho nitro benzene ring substituents is 1. The Morgan fingerprint density at radius 2 is 1.92 bits per heavy atom. The van der Waals surface area contributed by atoms with E-state index in [0.717, 1.165) is 4.70 Å². The van der Waals surface area contributed by atoms with Gasteiger partial charge in [-0.2, -0.15) is 5.10 Å². The number of amides is 2. The molecule has 0 spiro atoms. The van der Waals surface area contributed by atoms with E-state index in [2.05, 4.69) is 15.8 Å². The number of carbonyl (C=O) groups excluding carboxylic acids is 2. The van der Waals surface area contributed by atoms with Crippen molar-refractivity contribution in [3.63, 3.8) is 0 Å². The summed E-state index contributed by atoms with van der Waals surface area (Å²) in [6.07, 6.45) is 1.34. The lowest BCUT2D eigenvalue weighted by Gasteiger charge is -2.13. The van der Waals surface area contributed by atoms with E-state index in [1.54, 1.807) is 18.2 Å². The summed E-state index contributed by atoms with van der Waals surface area (Å²) in [6, 6.07) is 14.2. The average molecular weight is 557 g/mol. The Bertz CT molecular complexity index is 1560. The second-order valence-electron chi connectivity index (χ2n) is 7.67. The van der Waals surface area contributed by atoms with E-state index in [4.69, 9.17) is 21.1 Å². The van der Waals surface area contributed by atoms with Gasteiger partial charge in [0, 0.05) is 27.9 Å². The van der Waals surface area contributed by atoms with Crippen molar-refractivity contribution in [1.29, 1.82) is 0 Å². The predicted molar refractivity (Wildman–Crippen MR) is 142 cm³/mol. The van der Waals surface area contributed by atoms with Gasteiger partial charge in [-0.05, 0) is 54.1 Å². The maximum Gasteiger partial charge on any atom is 0.281 e. The van der Waals surface area contributed by atoms with Gasteiger partial charge in [0.2, 0.25) is 0 Å². The third-order valence-electron chi connectivity index (χ3n) is 5.04. The SMILES string of the molecule is COc1cc(/C=N\NC(=O)c2cc3cc([N+](=O)[O-])ccc3s2)cc(Cl)c1OCC(=O)Nc1ccc(F)cc1. The van der Waals surface area contributed by atoms with Crippen LogP contribution in [0.1, 0.15) is 15.2 Å². The Morgan fingerprint density at radius 3 is 2.63 bits per heavy atom. The zero-order valence-electron chi connectivity index (χ0n) is 19.6. The van der Waals surface area contributed by atoms with Crippen molar-refractivity contribution < 1.29 is 28.4 Å². The fourth-order valence-corrected chi connectivity index (χ4v) is 4.51. The summed E-state index contributed by atoms with van der Waals surface area (Å²) >= 11 is 7.49. The topological polar surface area (TPSA) is 132 Å². The molecule has 0 saturated carbocycles. The van der Waals surface area contributed by atoms with Crippen molar-refractivity contribution in [3.8, 4) is 11.5 Å². The highest BCUT2D eigenvalue weighted by Crippen LogP contribution is 2.36. The molecule has 0 aliphatic carbocycles. The minimum absolute atomic E-state index is 0.0629. The van der Waals surface area contributed by atoms with Crippen molar-refractivity contribution in [2.24, 2.45) is 5.10 Å². The summed E-state index contributed by atoms with van der Waals surface area (Å²) in [4.78, 5) is 35.4. The second-order valence-corrected chi connectivity index (χ2v) is 9.16. The largest absolute Gasteiger partial charge is 0.493 e. The Labute approximate surface area is 223 Å². The van der Waals surface area contributed by atoms with Gasteiger partial charge in [0.25, 0.3) is 17.5 Å². The number of halogens is 2. The van der Waals surface area contributed by atoms with Crippen molar-refractivity contribution >= 4 is 62.4 Å². The molecule has 3 aromatic carbocycles. The number of thiophene rings is 1. The minimum atomic E-state index is -0.500. The summed E-state index contributed by atoms with van der Waals surface area (Å²) in [6.45, 7) is -0.380. The van der Waals surface area contributed by atoms with Crippen LogP contribution in [0.2, 0.25) is 5.02 Å². The van der Waals surface area contributed by atoms with Gasteiger partial charge in [-0.1, -0.05) is 11.6 Å².